The molecule has 0 saturated heterocycles. The Morgan fingerprint density at radius 1 is 0.400 bits per heavy atom. The topological polar surface area (TPSA) is 60.4 Å². The predicted molar refractivity (Wildman–Crippen MR) is 157 cm³/mol. The van der Waals surface area contributed by atoms with Crippen molar-refractivity contribution in [1.82, 2.24) is 0 Å². The maximum atomic E-state index is 13.8. The highest BCUT2D eigenvalue weighted by Crippen LogP contribution is 2.46. The molecule has 0 saturated carbocycles. The van der Waals surface area contributed by atoms with Crippen molar-refractivity contribution in [3.05, 3.63) is 156 Å². The lowest BCUT2D eigenvalue weighted by Crippen LogP contribution is -2.01. The fraction of sp³-hybridized carbons (Fsp3) is 0. The highest BCUT2D eigenvalue weighted by atomic mass is 16.4. The molecule has 0 aliphatic carbocycles. The second kappa shape index (κ2) is 9.68. The molecule has 0 aliphatic rings. The number of benzene rings is 5. The average Bonchev–Trinajstić information content (AvgIpc) is 3.61. The van der Waals surface area contributed by atoms with E-state index in [0.717, 1.165) is 21.9 Å². The predicted octanol–water partition coefficient (Wildman–Crippen LogP) is 8.97. The summed E-state index contributed by atoms with van der Waals surface area (Å²) in [5.74, 6) is 0.0652. The zero-order chi connectivity index (χ0) is 27.1. The van der Waals surface area contributed by atoms with Crippen LogP contribution in [-0.2, 0) is 0 Å². The number of carbonyl (C=O) groups excluding carboxylic acids is 2. The van der Waals surface area contributed by atoms with E-state index in [4.69, 9.17) is 8.83 Å². The van der Waals surface area contributed by atoms with E-state index >= 15 is 0 Å². The van der Waals surface area contributed by atoms with Gasteiger partial charge in [0.25, 0.3) is 0 Å². The number of rotatable bonds is 6. The molecule has 0 unspecified atom stereocenters. The van der Waals surface area contributed by atoms with E-state index in [1.165, 1.54) is 0 Å². The van der Waals surface area contributed by atoms with Crippen molar-refractivity contribution < 1.29 is 18.4 Å². The van der Waals surface area contributed by atoms with Gasteiger partial charge in [-0.25, -0.2) is 0 Å². The molecule has 2 aromatic heterocycles. The number of carbonyl (C=O) groups is 2. The summed E-state index contributed by atoms with van der Waals surface area (Å²) in [6.45, 7) is 0. The molecule has 2 heterocycles. The molecule has 4 nitrogen and oxygen atoms in total. The molecule has 0 amide bonds. The Hall–Kier alpha value is -5.48. The van der Waals surface area contributed by atoms with Crippen LogP contribution in [0.2, 0.25) is 0 Å². The summed E-state index contributed by atoms with van der Waals surface area (Å²) in [4.78, 5) is 27.7. The van der Waals surface area contributed by atoms with Crippen LogP contribution in [0.15, 0.2) is 142 Å². The van der Waals surface area contributed by atoms with Gasteiger partial charge >= 0.3 is 0 Å². The van der Waals surface area contributed by atoms with E-state index in [1.54, 1.807) is 36.4 Å². The smallest absolute Gasteiger partial charge is 0.228 e. The Balaban J connectivity index is 1.60. The Kier molecular flexibility index (Phi) is 5.72. The van der Waals surface area contributed by atoms with Gasteiger partial charge in [-0.15, -0.1) is 0 Å². The molecule has 7 aromatic rings. The van der Waals surface area contributed by atoms with Crippen LogP contribution in [-0.4, -0.2) is 11.6 Å². The summed E-state index contributed by atoms with van der Waals surface area (Å²) in [7, 11) is 0. The first-order chi connectivity index (χ1) is 19.7. The summed E-state index contributed by atoms with van der Waals surface area (Å²) in [5.41, 5.74) is 5.17. The minimum Gasteiger partial charge on any atom is -0.452 e. The quantitative estimate of drug-likeness (QED) is 0.206. The molecule has 190 valence electrons. The molecule has 5 aromatic carbocycles. The fourth-order valence-electron chi connectivity index (χ4n) is 5.30. The SMILES string of the molecule is O=C(c1ccccc1)c1oc2ccc3oc(C(=O)c4ccccc4)c(-c4ccccc4)c3c2c1-c1ccccc1. The number of ketones is 2. The molecular formula is C36H22O4. The first kappa shape index (κ1) is 23.6. The van der Waals surface area contributed by atoms with E-state index in [0.29, 0.717) is 33.4 Å². The Bertz CT molecular complexity index is 1850. The van der Waals surface area contributed by atoms with Crippen molar-refractivity contribution in [3.8, 4) is 22.3 Å². The van der Waals surface area contributed by atoms with Crippen molar-refractivity contribution in [2.75, 3.05) is 0 Å². The van der Waals surface area contributed by atoms with Crippen LogP contribution in [0, 0.1) is 0 Å². The van der Waals surface area contributed by atoms with E-state index < -0.39 is 0 Å². The molecule has 40 heavy (non-hydrogen) atoms. The van der Waals surface area contributed by atoms with Gasteiger partial charge in [0.2, 0.25) is 11.6 Å². The van der Waals surface area contributed by atoms with Crippen LogP contribution in [0.3, 0.4) is 0 Å². The van der Waals surface area contributed by atoms with E-state index in [2.05, 4.69) is 0 Å². The van der Waals surface area contributed by atoms with Crippen LogP contribution < -0.4 is 0 Å². The second-order valence-electron chi connectivity index (χ2n) is 9.55. The minimum absolute atomic E-state index is 0.214. The number of hydrogen-bond donors (Lipinski definition) is 0. The maximum absolute atomic E-state index is 13.8. The molecule has 7 rings (SSSR count). The van der Waals surface area contributed by atoms with Gasteiger partial charge in [0.1, 0.15) is 11.2 Å². The zero-order valence-corrected chi connectivity index (χ0v) is 21.3. The van der Waals surface area contributed by atoms with Gasteiger partial charge in [-0.05, 0) is 23.3 Å². The lowest BCUT2D eigenvalue weighted by molar-refractivity contribution is 0.100. The number of hydrogen-bond acceptors (Lipinski definition) is 4. The minimum atomic E-state index is -0.214. The van der Waals surface area contributed by atoms with Crippen LogP contribution in [0.1, 0.15) is 32.2 Å². The summed E-state index contributed by atoms with van der Waals surface area (Å²) < 4.78 is 12.7. The first-order valence-corrected chi connectivity index (χ1v) is 13.0. The average molecular weight is 519 g/mol. The summed E-state index contributed by atoms with van der Waals surface area (Å²) in [6, 6.07) is 41.3. The first-order valence-electron chi connectivity index (χ1n) is 13.0. The molecule has 0 spiro atoms. The number of fused-ring (bicyclic) bond motifs is 3. The summed E-state index contributed by atoms with van der Waals surface area (Å²) in [6.07, 6.45) is 0. The van der Waals surface area contributed by atoms with Crippen LogP contribution in [0.5, 0.6) is 0 Å². The highest BCUT2D eigenvalue weighted by Gasteiger charge is 2.30. The van der Waals surface area contributed by atoms with E-state index in [-0.39, 0.29) is 23.1 Å². The molecule has 0 bridgehead atoms. The maximum Gasteiger partial charge on any atom is 0.228 e. The summed E-state index contributed by atoms with van der Waals surface area (Å²) >= 11 is 0. The summed E-state index contributed by atoms with van der Waals surface area (Å²) in [5, 5.41) is 1.47. The molecular weight excluding hydrogens is 496 g/mol. The van der Waals surface area contributed by atoms with Crippen LogP contribution >= 0.6 is 0 Å². The lowest BCUT2D eigenvalue weighted by atomic mass is 9.92. The third-order valence-electron chi connectivity index (χ3n) is 7.12. The molecule has 0 atom stereocenters. The monoisotopic (exact) mass is 518 g/mol. The van der Waals surface area contributed by atoms with Crippen molar-refractivity contribution in [3.63, 3.8) is 0 Å². The standard InChI is InChI=1S/C36H22O4/c37-33(25-17-9-3-10-18-25)35-29(23-13-5-1-6-14-23)31-27(39-35)21-22-28-32(31)30(24-15-7-2-8-16-24)36(40-28)34(38)26-19-11-4-12-20-26/h1-22H. The van der Waals surface area contributed by atoms with E-state index in [1.807, 2.05) is 97.1 Å². The highest BCUT2D eigenvalue weighted by molar-refractivity contribution is 6.26. The van der Waals surface area contributed by atoms with Crippen LogP contribution in [0.4, 0.5) is 0 Å². The third-order valence-corrected chi connectivity index (χ3v) is 7.12. The second-order valence-corrected chi connectivity index (χ2v) is 9.55. The van der Waals surface area contributed by atoms with E-state index in [9.17, 15) is 9.59 Å². The lowest BCUT2D eigenvalue weighted by Gasteiger charge is -2.06. The molecule has 4 heteroatoms. The van der Waals surface area contributed by atoms with Gasteiger partial charge in [0.05, 0.1) is 0 Å². The van der Waals surface area contributed by atoms with Gasteiger partial charge in [-0.3, -0.25) is 9.59 Å². The zero-order valence-electron chi connectivity index (χ0n) is 21.3. The van der Waals surface area contributed by atoms with Crippen molar-refractivity contribution >= 4 is 33.5 Å². The molecule has 0 fully saturated rings. The van der Waals surface area contributed by atoms with Crippen LogP contribution in [0.25, 0.3) is 44.2 Å². The third kappa shape index (κ3) is 3.86. The number of furan rings is 2. The van der Waals surface area contributed by atoms with Gasteiger partial charge < -0.3 is 8.83 Å². The van der Waals surface area contributed by atoms with Gasteiger partial charge in [-0.2, -0.15) is 0 Å². The largest absolute Gasteiger partial charge is 0.452 e. The van der Waals surface area contributed by atoms with Gasteiger partial charge in [-0.1, -0.05) is 121 Å². The Morgan fingerprint density at radius 3 is 1.07 bits per heavy atom. The Morgan fingerprint density at radius 2 is 0.725 bits per heavy atom. The fourth-order valence-corrected chi connectivity index (χ4v) is 5.30. The van der Waals surface area contributed by atoms with Crippen molar-refractivity contribution in [2.24, 2.45) is 0 Å². The van der Waals surface area contributed by atoms with Crippen molar-refractivity contribution in [1.29, 1.82) is 0 Å². The normalized spacial score (nSPS) is 11.2. The Labute approximate surface area is 230 Å². The molecule has 0 radical (unpaired) electrons. The van der Waals surface area contributed by atoms with Gasteiger partial charge in [0.15, 0.2) is 11.5 Å². The van der Waals surface area contributed by atoms with Gasteiger partial charge in [0, 0.05) is 33.0 Å². The molecule has 0 N–H and O–H groups in total. The van der Waals surface area contributed by atoms with Crippen molar-refractivity contribution in [2.45, 2.75) is 0 Å². The molecule has 0 aliphatic heterocycles.